The van der Waals surface area contributed by atoms with E-state index in [9.17, 15) is 10.1 Å². The minimum Gasteiger partial charge on any atom is -0.314 e. The molecular formula is C13H13ClN4O2S. The highest BCUT2D eigenvalue weighted by atomic mass is 35.5. The molecule has 8 heteroatoms. The number of nitro groups is 1. The van der Waals surface area contributed by atoms with Gasteiger partial charge in [0.1, 0.15) is 5.01 Å². The van der Waals surface area contributed by atoms with E-state index in [2.05, 4.69) is 15.5 Å². The van der Waals surface area contributed by atoms with E-state index in [1.165, 1.54) is 30.2 Å². The summed E-state index contributed by atoms with van der Waals surface area (Å²) in [6.45, 7) is 0.863. The van der Waals surface area contributed by atoms with Gasteiger partial charge in [0.25, 0.3) is 5.69 Å². The summed E-state index contributed by atoms with van der Waals surface area (Å²) >= 11 is 7.20. The Morgan fingerprint density at radius 2 is 2.24 bits per heavy atom. The van der Waals surface area contributed by atoms with Crippen molar-refractivity contribution in [1.82, 2.24) is 15.5 Å². The molecule has 1 aliphatic carbocycles. The van der Waals surface area contributed by atoms with Gasteiger partial charge in [0.15, 0.2) is 5.01 Å². The molecule has 1 aromatic carbocycles. The third-order valence-electron chi connectivity index (χ3n) is 3.20. The normalized spacial score (nSPS) is 14.3. The van der Waals surface area contributed by atoms with Gasteiger partial charge in [-0.3, -0.25) is 10.1 Å². The van der Waals surface area contributed by atoms with Gasteiger partial charge in [-0.1, -0.05) is 22.9 Å². The Labute approximate surface area is 130 Å². The lowest BCUT2D eigenvalue weighted by atomic mass is 10.2. The van der Waals surface area contributed by atoms with E-state index >= 15 is 0 Å². The molecule has 21 heavy (non-hydrogen) atoms. The Balaban J connectivity index is 1.77. The van der Waals surface area contributed by atoms with Crippen molar-refractivity contribution < 1.29 is 4.92 Å². The summed E-state index contributed by atoms with van der Waals surface area (Å²) in [4.78, 5) is 10.7. The van der Waals surface area contributed by atoms with Crippen molar-refractivity contribution in [2.24, 2.45) is 0 Å². The molecule has 0 amide bonds. The maximum Gasteiger partial charge on any atom is 0.281 e. The predicted octanol–water partition coefficient (Wildman–Crippen LogP) is 3.06. The molecule has 1 N–H and O–H groups in total. The van der Waals surface area contributed by atoms with E-state index in [1.54, 1.807) is 12.1 Å². The first-order valence-electron chi connectivity index (χ1n) is 6.63. The summed E-state index contributed by atoms with van der Waals surface area (Å²) < 4.78 is 0. The van der Waals surface area contributed by atoms with Gasteiger partial charge in [-0.15, -0.1) is 10.2 Å². The topological polar surface area (TPSA) is 81.0 Å². The zero-order chi connectivity index (χ0) is 14.8. The van der Waals surface area contributed by atoms with Crippen LogP contribution in [0.3, 0.4) is 0 Å². The van der Waals surface area contributed by atoms with E-state index in [0.717, 1.165) is 18.0 Å². The lowest BCUT2D eigenvalue weighted by Gasteiger charge is -1.99. The monoisotopic (exact) mass is 324 g/mol. The Morgan fingerprint density at radius 3 is 2.95 bits per heavy atom. The lowest BCUT2D eigenvalue weighted by Crippen LogP contribution is -2.19. The molecule has 0 unspecified atom stereocenters. The van der Waals surface area contributed by atoms with Crippen LogP contribution in [0.4, 0.5) is 5.69 Å². The van der Waals surface area contributed by atoms with Crippen LogP contribution in [0.1, 0.15) is 17.8 Å². The molecule has 0 bridgehead atoms. The largest absolute Gasteiger partial charge is 0.314 e. The van der Waals surface area contributed by atoms with Crippen LogP contribution >= 0.6 is 22.9 Å². The minimum absolute atomic E-state index is 0.0405. The van der Waals surface area contributed by atoms with Gasteiger partial charge in [0.2, 0.25) is 0 Å². The first-order chi connectivity index (χ1) is 10.1. The number of nitrogens with zero attached hydrogens (tertiary/aromatic N) is 3. The van der Waals surface area contributed by atoms with Crippen LogP contribution in [-0.4, -0.2) is 27.7 Å². The van der Waals surface area contributed by atoms with Crippen molar-refractivity contribution in [2.75, 3.05) is 6.54 Å². The summed E-state index contributed by atoms with van der Waals surface area (Å²) in [6, 6.07) is 5.24. The molecule has 1 aliphatic rings. The van der Waals surface area contributed by atoms with E-state index in [1.807, 2.05) is 0 Å². The van der Waals surface area contributed by atoms with Gasteiger partial charge in [0, 0.05) is 30.1 Å². The molecule has 1 fully saturated rings. The first-order valence-corrected chi connectivity index (χ1v) is 7.83. The first kappa shape index (κ1) is 14.4. The third-order valence-corrected chi connectivity index (χ3v) is 4.45. The standard InChI is InChI=1S/C13H13ClN4O2S/c14-8-1-4-10(11(7-8)18(19)20)13-17-16-12(21-13)5-6-15-9-2-3-9/h1,4,7,9,15H,2-3,5-6H2. The molecule has 0 atom stereocenters. The van der Waals surface area contributed by atoms with Gasteiger partial charge in [-0.05, 0) is 25.0 Å². The number of rotatable bonds is 6. The summed E-state index contributed by atoms with van der Waals surface area (Å²) in [5, 5.41) is 24.4. The molecule has 1 aromatic heterocycles. The van der Waals surface area contributed by atoms with Crippen molar-refractivity contribution in [3.63, 3.8) is 0 Å². The summed E-state index contributed by atoms with van der Waals surface area (Å²) in [7, 11) is 0. The second-order valence-electron chi connectivity index (χ2n) is 4.90. The van der Waals surface area contributed by atoms with Gasteiger partial charge in [0.05, 0.1) is 10.5 Å². The van der Waals surface area contributed by atoms with Gasteiger partial charge < -0.3 is 5.32 Å². The van der Waals surface area contributed by atoms with Crippen LogP contribution in [0.5, 0.6) is 0 Å². The average molecular weight is 325 g/mol. The molecule has 1 saturated carbocycles. The van der Waals surface area contributed by atoms with Crippen molar-refractivity contribution in [2.45, 2.75) is 25.3 Å². The van der Waals surface area contributed by atoms with Crippen molar-refractivity contribution in [1.29, 1.82) is 0 Å². The molecule has 6 nitrogen and oxygen atoms in total. The quantitative estimate of drug-likeness (QED) is 0.652. The molecule has 110 valence electrons. The lowest BCUT2D eigenvalue weighted by molar-refractivity contribution is -0.384. The van der Waals surface area contributed by atoms with Crippen LogP contribution in [0.15, 0.2) is 18.2 Å². The molecule has 2 aromatic rings. The molecule has 1 heterocycles. The van der Waals surface area contributed by atoms with Crippen molar-refractivity contribution in [3.8, 4) is 10.6 Å². The van der Waals surface area contributed by atoms with Gasteiger partial charge in [-0.25, -0.2) is 0 Å². The molecule has 0 aliphatic heterocycles. The van der Waals surface area contributed by atoms with E-state index in [-0.39, 0.29) is 5.69 Å². The number of benzene rings is 1. The number of aromatic nitrogens is 2. The Bertz CT molecular complexity index is 672. The fourth-order valence-electron chi connectivity index (χ4n) is 1.97. The van der Waals surface area contributed by atoms with E-state index < -0.39 is 4.92 Å². The predicted molar refractivity (Wildman–Crippen MR) is 81.7 cm³/mol. The van der Waals surface area contributed by atoms with Crippen LogP contribution in [0, 0.1) is 10.1 Å². The zero-order valence-electron chi connectivity index (χ0n) is 11.1. The fraction of sp³-hybridized carbons (Fsp3) is 0.385. The van der Waals surface area contributed by atoms with Gasteiger partial charge in [-0.2, -0.15) is 0 Å². The number of nitro benzene ring substituents is 1. The Morgan fingerprint density at radius 1 is 1.43 bits per heavy atom. The van der Waals surface area contributed by atoms with Crippen LogP contribution in [0.25, 0.3) is 10.6 Å². The van der Waals surface area contributed by atoms with Crippen LogP contribution in [0.2, 0.25) is 5.02 Å². The highest BCUT2D eigenvalue weighted by Gasteiger charge is 2.21. The fourth-order valence-corrected chi connectivity index (χ4v) is 3.01. The summed E-state index contributed by atoms with van der Waals surface area (Å²) in [6.07, 6.45) is 3.28. The van der Waals surface area contributed by atoms with Crippen molar-refractivity contribution >= 4 is 28.6 Å². The van der Waals surface area contributed by atoms with Crippen LogP contribution in [-0.2, 0) is 6.42 Å². The maximum absolute atomic E-state index is 11.1. The summed E-state index contributed by atoms with van der Waals surface area (Å²) in [5.74, 6) is 0. The third kappa shape index (κ3) is 3.55. The summed E-state index contributed by atoms with van der Waals surface area (Å²) in [5.41, 5.74) is 0.421. The van der Waals surface area contributed by atoms with Gasteiger partial charge >= 0.3 is 0 Å². The molecular weight excluding hydrogens is 312 g/mol. The minimum atomic E-state index is -0.447. The number of hydrogen-bond acceptors (Lipinski definition) is 6. The molecule has 0 radical (unpaired) electrons. The average Bonchev–Trinajstić information content (AvgIpc) is 3.16. The maximum atomic E-state index is 11.1. The molecule has 0 spiro atoms. The van der Waals surface area contributed by atoms with Crippen molar-refractivity contribution in [3.05, 3.63) is 38.3 Å². The second-order valence-corrected chi connectivity index (χ2v) is 6.40. The SMILES string of the molecule is O=[N+]([O-])c1cc(Cl)ccc1-c1nnc(CCNC2CC2)s1. The molecule has 0 saturated heterocycles. The molecule has 3 rings (SSSR count). The number of halogens is 1. The highest BCUT2D eigenvalue weighted by Crippen LogP contribution is 2.34. The van der Waals surface area contributed by atoms with E-state index in [4.69, 9.17) is 11.6 Å². The Hall–Kier alpha value is -1.57. The van der Waals surface area contributed by atoms with E-state index in [0.29, 0.717) is 21.6 Å². The second kappa shape index (κ2) is 6.05. The number of nitrogens with one attached hydrogen (secondary N) is 1. The zero-order valence-corrected chi connectivity index (χ0v) is 12.7. The number of hydrogen-bond donors (Lipinski definition) is 1. The van der Waals surface area contributed by atoms with Crippen LogP contribution < -0.4 is 5.32 Å². The Kier molecular flexibility index (Phi) is 4.14. The smallest absolute Gasteiger partial charge is 0.281 e. The highest BCUT2D eigenvalue weighted by molar-refractivity contribution is 7.14.